The van der Waals surface area contributed by atoms with E-state index < -0.39 is 0 Å². The van der Waals surface area contributed by atoms with E-state index in [1.807, 2.05) is 12.1 Å². The maximum atomic E-state index is 6.06. The van der Waals surface area contributed by atoms with Crippen molar-refractivity contribution in [3.8, 4) is 11.1 Å². The first-order chi connectivity index (χ1) is 14.3. The average molecular weight is 476 g/mol. The molecular formula is C26H29Cl3N2. The Labute approximate surface area is 203 Å². The van der Waals surface area contributed by atoms with Gasteiger partial charge in [-0.3, -0.25) is 9.80 Å². The van der Waals surface area contributed by atoms with Gasteiger partial charge in [-0.05, 0) is 34.4 Å². The van der Waals surface area contributed by atoms with Crippen molar-refractivity contribution >= 4 is 42.5 Å². The number of hydrogen-bond acceptors (Lipinski definition) is 2. The van der Waals surface area contributed by atoms with E-state index in [1.165, 1.54) is 22.3 Å². The number of benzene rings is 3. The van der Waals surface area contributed by atoms with E-state index in [4.69, 9.17) is 11.6 Å². The third-order valence-corrected chi connectivity index (χ3v) is 5.76. The fourth-order valence-electron chi connectivity index (χ4n) is 3.84. The molecule has 0 spiro atoms. The van der Waals surface area contributed by atoms with Crippen LogP contribution in [-0.2, 0) is 6.54 Å². The zero-order chi connectivity index (χ0) is 19.9. The van der Waals surface area contributed by atoms with E-state index in [-0.39, 0.29) is 24.8 Å². The molecule has 0 bridgehead atoms. The van der Waals surface area contributed by atoms with Crippen LogP contribution in [0.3, 0.4) is 0 Å². The molecule has 0 unspecified atom stereocenters. The topological polar surface area (TPSA) is 6.48 Å². The molecule has 31 heavy (non-hydrogen) atoms. The van der Waals surface area contributed by atoms with Gasteiger partial charge < -0.3 is 0 Å². The van der Waals surface area contributed by atoms with Gasteiger partial charge in [0.2, 0.25) is 0 Å². The Morgan fingerprint density at radius 1 is 0.710 bits per heavy atom. The second-order valence-electron chi connectivity index (χ2n) is 7.55. The van der Waals surface area contributed by atoms with E-state index in [9.17, 15) is 0 Å². The van der Waals surface area contributed by atoms with Crippen LogP contribution in [-0.4, -0.2) is 42.5 Å². The predicted molar refractivity (Wildman–Crippen MR) is 139 cm³/mol. The lowest BCUT2D eigenvalue weighted by Gasteiger charge is -2.34. The quantitative estimate of drug-likeness (QED) is 0.392. The van der Waals surface area contributed by atoms with Crippen LogP contribution >= 0.6 is 36.4 Å². The average Bonchev–Trinajstić information content (AvgIpc) is 2.77. The molecule has 0 aromatic heterocycles. The normalized spacial score (nSPS) is 14.7. The first-order valence-corrected chi connectivity index (χ1v) is 10.7. The van der Waals surface area contributed by atoms with Gasteiger partial charge in [-0.2, -0.15) is 0 Å². The molecule has 0 amide bonds. The molecule has 5 heteroatoms. The van der Waals surface area contributed by atoms with Crippen molar-refractivity contribution in [2.75, 3.05) is 32.7 Å². The lowest BCUT2D eigenvalue weighted by Crippen LogP contribution is -2.45. The van der Waals surface area contributed by atoms with Gasteiger partial charge in [0.15, 0.2) is 0 Å². The molecule has 1 saturated heterocycles. The molecule has 0 N–H and O–H groups in total. The van der Waals surface area contributed by atoms with Crippen molar-refractivity contribution in [2.45, 2.75) is 6.54 Å². The van der Waals surface area contributed by atoms with E-state index in [1.54, 1.807) is 0 Å². The Bertz CT molecular complexity index is 934. The van der Waals surface area contributed by atoms with Crippen LogP contribution in [0.4, 0.5) is 0 Å². The van der Waals surface area contributed by atoms with E-state index in [0.29, 0.717) is 0 Å². The maximum Gasteiger partial charge on any atom is 0.0406 e. The van der Waals surface area contributed by atoms with Crippen molar-refractivity contribution in [3.63, 3.8) is 0 Å². The van der Waals surface area contributed by atoms with Gasteiger partial charge >= 0.3 is 0 Å². The Balaban J connectivity index is 0.00000171. The number of piperazine rings is 1. The minimum absolute atomic E-state index is 0. The van der Waals surface area contributed by atoms with Gasteiger partial charge in [-0.15, -0.1) is 24.8 Å². The summed E-state index contributed by atoms with van der Waals surface area (Å²) in [4.78, 5) is 5.09. The predicted octanol–water partition coefficient (Wildman–Crippen LogP) is 6.68. The fraction of sp³-hybridized carbons (Fsp3) is 0.231. The monoisotopic (exact) mass is 474 g/mol. The summed E-state index contributed by atoms with van der Waals surface area (Å²) in [6.07, 6.45) is 4.50. The van der Waals surface area contributed by atoms with Crippen LogP contribution in [0.1, 0.15) is 11.1 Å². The minimum Gasteiger partial charge on any atom is -0.297 e. The van der Waals surface area contributed by atoms with Crippen molar-refractivity contribution in [1.29, 1.82) is 0 Å². The summed E-state index contributed by atoms with van der Waals surface area (Å²) in [7, 11) is 0. The summed E-state index contributed by atoms with van der Waals surface area (Å²) in [6.45, 7) is 6.45. The van der Waals surface area contributed by atoms with Crippen LogP contribution in [0.25, 0.3) is 17.2 Å². The van der Waals surface area contributed by atoms with Gasteiger partial charge in [0.25, 0.3) is 0 Å². The Kier molecular flexibility index (Phi) is 10.6. The maximum absolute atomic E-state index is 6.06. The number of hydrogen-bond donors (Lipinski definition) is 0. The van der Waals surface area contributed by atoms with Gasteiger partial charge in [0, 0.05) is 44.3 Å². The molecule has 164 valence electrons. The highest BCUT2D eigenvalue weighted by molar-refractivity contribution is 6.30. The Morgan fingerprint density at radius 2 is 1.32 bits per heavy atom. The lowest BCUT2D eigenvalue weighted by atomic mass is 9.99. The smallest absolute Gasteiger partial charge is 0.0406 e. The summed E-state index contributed by atoms with van der Waals surface area (Å²) in [6, 6.07) is 27.4. The zero-order valence-electron chi connectivity index (χ0n) is 17.5. The van der Waals surface area contributed by atoms with Crippen molar-refractivity contribution in [1.82, 2.24) is 9.80 Å². The van der Waals surface area contributed by atoms with Gasteiger partial charge in [0.1, 0.15) is 0 Å². The summed E-state index contributed by atoms with van der Waals surface area (Å²) < 4.78 is 0. The van der Waals surface area contributed by atoms with Crippen molar-refractivity contribution < 1.29 is 0 Å². The third-order valence-electron chi connectivity index (χ3n) is 5.50. The molecule has 0 saturated carbocycles. The molecule has 0 radical (unpaired) electrons. The molecule has 2 nitrogen and oxygen atoms in total. The number of halogens is 3. The van der Waals surface area contributed by atoms with Crippen LogP contribution in [0, 0.1) is 0 Å². The van der Waals surface area contributed by atoms with E-state index >= 15 is 0 Å². The first kappa shape index (κ1) is 25.5. The Morgan fingerprint density at radius 3 is 2.03 bits per heavy atom. The van der Waals surface area contributed by atoms with Gasteiger partial charge in [-0.1, -0.05) is 90.5 Å². The summed E-state index contributed by atoms with van der Waals surface area (Å²) in [5, 5.41) is 0.781. The molecule has 3 aromatic rings. The highest BCUT2D eigenvalue weighted by Crippen LogP contribution is 2.26. The second kappa shape index (κ2) is 12.9. The highest BCUT2D eigenvalue weighted by atomic mass is 35.5. The van der Waals surface area contributed by atoms with E-state index in [0.717, 1.165) is 44.3 Å². The van der Waals surface area contributed by atoms with Crippen molar-refractivity contribution in [3.05, 3.63) is 101 Å². The third kappa shape index (κ3) is 7.38. The first-order valence-electron chi connectivity index (χ1n) is 10.3. The largest absolute Gasteiger partial charge is 0.297 e. The zero-order valence-corrected chi connectivity index (χ0v) is 19.9. The van der Waals surface area contributed by atoms with Crippen molar-refractivity contribution in [2.24, 2.45) is 0 Å². The number of rotatable bonds is 6. The van der Waals surface area contributed by atoms with Crippen LogP contribution in [0.15, 0.2) is 84.9 Å². The second-order valence-corrected chi connectivity index (χ2v) is 7.99. The van der Waals surface area contributed by atoms with Crippen LogP contribution < -0.4 is 0 Å². The molecule has 1 aliphatic rings. The SMILES string of the molecule is Cl.Cl.Clc1ccc(-c2ccccc2CN2CCN(C/C=C/c3ccccc3)CC2)cc1. The Hall–Kier alpha value is -1.81. The summed E-state index contributed by atoms with van der Waals surface area (Å²) in [5.74, 6) is 0. The minimum atomic E-state index is 0. The fourth-order valence-corrected chi connectivity index (χ4v) is 3.97. The molecule has 4 rings (SSSR count). The van der Waals surface area contributed by atoms with Crippen LogP contribution in [0.5, 0.6) is 0 Å². The molecule has 0 aliphatic carbocycles. The highest BCUT2D eigenvalue weighted by Gasteiger charge is 2.17. The molecule has 1 heterocycles. The molecular weight excluding hydrogens is 447 g/mol. The summed E-state index contributed by atoms with van der Waals surface area (Å²) in [5.41, 5.74) is 5.18. The van der Waals surface area contributed by atoms with E-state index in [2.05, 4.69) is 88.7 Å². The van der Waals surface area contributed by atoms with Gasteiger partial charge in [0.05, 0.1) is 0 Å². The molecule has 1 fully saturated rings. The van der Waals surface area contributed by atoms with Gasteiger partial charge in [-0.25, -0.2) is 0 Å². The lowest BCUT2D eigenvalue weighted by molar-refractivity contribution is 0.137. The summed E-state index contributed by atoms with van der Waals surface area (Å²) >= 11 is 6.06. The van der Waals surface area contributed by atoms with Crippen LogP contribution in [0.2, 0.25) is 5.02 Å². The molecule has 3 aromatic carbocycles. The molecule has 1 aliphatic heterocycles. The molecule has 0 atom stereocenters. The standard InChI is InChI=1S/C26H27ClN2.2ClH/c27-25-14-12-23(13-15-25)26-11-5-4-10-24(26)21-29-19-17-28(18-20-29)16-6-9-22-7-2-1-3-8-22;;/h1-15H,16-21H2;2*1H/b9-6+;;. The number of nitrogens with zero attached hydrogens (tertiary/aromatic N) is 2.